The van der Waals surface area contributed by atoms with Gasteiger partial charge in [-0.05, 0) is 43.2 Å². The van der Waals surface area contributed by atoms with Crippen LogP contribution in [0.25, 0.3) is 56.0 Å². The van der Waals surface area contributed by atoms with E-state index in [4.69, 9.17) is 9.72 Å². The lowest BCUT2D eigenvalue weighted by molar-refractivity contribution is 0.190. The van der Waals surface area contributed by atoms with Crippen molar-refractivity contribution in [2.45, 2.75) is 32.4 Å². The summed E-state index contributed by atoms with van der Waals surface area (Å²) in [5.74, 6) is 0.502. The van der Waals surface area contributed by atoms with E-state index >= 15 is 0 Å². The number of hydrogen-bond acceptors (Lipinski definition) is 8. The summed E-state index contributed by atoms with van der Waals surface area (Å²) in [5, 5.41) is 21.7. The van der Waals surface area contributed by atoms with Crippen LogP contribution in [0.2, 0.25) is 0 Å². The Labute approximate surface area is 228 Å². The van der Waals surface area contributed by atoms with Gasteiger partial charge in [-0.15, -0.1) is 0 Å². The quantitative estimate of drug-likeness (QED) is 0.172. The molecule has 0 amide bonds. The molecule has 5 heterocycles. The number of methoxy groups -OCH3 is 1. The maximum absolute atomic E-state index is 14.2. The zero-order chi connectivity index (χ0) is 27.6. The number of aliphatic hydroxyl groups is 1. The molecule has 10 nitrogen and oxygen atoms in total. The summed E-state index contributed by atoms with van der Waals surface area (Å²) < 4.78 is 19.5. The average molecular weight is 539 g/mol. The summed E-state index contributed by atoms with van der Waals surface area (Å²) in [4.78, 5) is 21.5. The van der Waals surface area contributed by atoms with Crippen LogP contribution in [0.1, 0.15) is 26.2 Å². The molecule has 0 aliphatic rings. The van der Waals surface area contributed by atoms with E-state index in [1.54, 1.807) is 30.9 Å². The van der Waals surface area contributed by atoms with Gasteiger partial charge in [0.2, 0.25) is 0 Å². The Bertz CT molecular complexity index is 1820. The number of aliphatic hydroxyl groups excluding tert-OH is 1. The van der Waals surface area contributed by atoms with Crippen molar-refractivity contribution in [1.82, 2.24) is 35.1 Å². The number of fused-ring (bicyclic) bond motifs is 2. The largest absolute Gasteiger partial charge is 0.497 e. The lowest BCUT2D eigenvalue weighted by atomic mass is 10.1. The third kappa shape index (κ3) is 4.94. The first-order chi connectivity index (χ1) is 19.5. The van der Waals surface area contributed by atoms with Crippen LogP contribution in [0.5, 0.6) is 5.75 Å². The number of ether oxygens (including phenoxy) is 1. The highest BCUT2D eigenvalue weighted by Gasteiger charge is 2.18. The van der Waals surface area contributed by atoms with Gasteiger partial charge in [-0.3, -0.25) is 20.1 Å². The number of H-pyrrole nitrogens is 2. The van der Waals surface area contributed by atoms with Crippen molar-refractivity contribution in [2.24, 2.45) is 0 Å². The van der Waals surface area contributed by atoms with Gasteiger partial charge < -0.3 is 20.1 Å². The fourth-order valence-electron chi connectivity index (χ4n) is 4.65. The summed E-state index contributed by atoms with van der Waals surface area (Å²) in [7, 11) is 1.49. The lowest BCUT2D eigenvalue weighted by Crippen LogP contribution is -2.18. The number of hydrogen-bond donors (Lipinski definition) is 4. The first-order valence-corrected chi connectivity index (χ1v) is 13.0. The van der Waals surface area contributed by atoms with Crippen LogP contribution in [0.15, 0.2) is 61.2 Å². The molecule has 1 atom stereocenters. The highest BCUT2D eigenvalue weighted by atomic mass is 19.1. The van der Waals surface area contributed by atoms with Gasteiger partial charge in [0.15, 0.2) is 5.82 Å². The Morgan fingerprint density at radius 2 is 1.93 bits per heavy atom. The number of unbranched alkanes of at least 4 members (excludes halogenated alkanes) is 1. The highest BCUT2D eigenvalue weighted by molar-refractivity contribution is 5.97. The number of pyridine rings is 3. The number of halogens is 1. The molecule has 5 aromatic heterocycles. The molecule has 0 saturated carbocycles. The molecule has 0 radical (unpaired) electrons. The van der Waals surface area contributed by atoms with Crippen molar-refractivity contribution in [3.63, 3.8) is 0 Å². The van der Waals surface area contributed by atoms with E-state index in [9.17, 15) is 9.50 Å². The van der Waals surface area contributed by atoms with E-state index in [2.05, 4.69) is 42.4 Å². The molecule has 0 fully saturated rings. The lowest BCUT2D eigenvalue weighted by Gasteiger charge is -2.14. The van der Waals surface area contributed by atoms with Crippen LogP contribution in [-0.4, -0.2) is 53.6 Å². The molecule has 0 bridgehead atoms. The third-order valence-corrected chi connectivity index (χ3v) is 6.65. The minimum atomic E-state index is -0.645. The van der Waals surface area contributed by atoms with Crippen LogP contribution in [-0.2, 0) is 0 Å². The molecule has 6 aromatic rings. The van der Waals surface area contributed by atoms with Crippen LogP contribution >= 0.6 is 0 Å². The van der Waals surface area contributed by atoms with E-state index in [0.717, 1.165) is 34.8 Å². The number of rotatable bonds is 9. The smallest absolute Gasteiger partial charge is 0.159 e. The molecule has 1 unspecified atom stereocenters. The molecule has 202 valence electrons. The summed E-state index contributed by atoms with van der Waals surface area (Å²) in [6.07, 6.45) is 8.72. The summed E-state index contributed by atoms with van der Waals surface area (Å²) in [6.45, 7) is 2.09. The van der Waals surface area contributed by atoms with Crippen molar-refractivity contribution in [2.75, 3.05) is 12.4 Å². The maximum Gasteiger partial charge on any atom is 0.159 e. The normalized spacial score (nSPS) is 12.2. The van der Waals surface area contributed by atoms with E-state index < -0.39 is 12.0 Å². The molecule has 6 rings (SSSR count). The zero-order valence-electron chi connectivity index (χ0n) is 21.9. The van der Waals surface area contributed by atoms with Gasteiger partial charge in [-0.1, -0.05) is 13.3 Å². The second-order valence-electron chi connectivity index (χ2n) is 9.47. The first kappa shape index (κ1) is 25.4. The van der Waals surface area contributed by atoms with Crippen LogP contribution < -0.4 is 10.1 Å². The molecule has 0 spiro atoms. The minimum absolute atomic E-state index is 0.395. The second-order valence-corrected chi connectivity index (χ2v) is 9.47. The number of anilines is 1. The molecule has 40 heavy (non-hydrogen) atoms. The Balaban J connectivity index is 1.37. The van der Waals surface area contributed by atoms with Gasteiger partial charge in [0.25, 0.3) is 0 Å². The highest BCUT2D eigenvalue weighted by Crippen LogP contribution is 2.33. The van der Waals surface area contributed by atoms with Crippen LogP contribution in [0.3, 0.4) is 0 Å². The fourth-order valence-corrected chi connectivity index (χ4v) is 4.65. The summed E-state index contributed by atoms with van der Waals surface area (Å²) >= 11 is 0. The number of aromatic nitrogens is 7. The van der Waals surface area contributed by atoms with Crippen LogP contribution in [0.4, 0.5) is 10.1 Å². The number of aromatic amines is 2. The molecule has 0 saturated heterocycles. The molecule has 4 N–H and O–H groups in total. The minimum Gasteiger partial charge on any atom is -0.497 e. The van der Waals surface area contributed by atoms with Crippen molar-refractivity contribution < 1.29 is 14.2 Å². The molecule has 0 aliphatic heterocycles. The number of nitrogens with one attached hydrogen (secondary N) is 3. The topological polar surface area (TPSA) is 138 Å². The average Bonchev–Trinajstić information content (AvgIpc) is 3.59. The van der Waals surface area contributed by atoms with Gasteiger partial charge in [0.05, 0.1) is 47.6 Å². The molecular weight excluding hydrogens is 511 g/mol. The summed E-state index contributed by atoms with van der Waals surface area (Å²) in [6, 6.07) is 10.1. The fraction of sp³-hybridized carbons (Fsp3) is 0.207. The number of nitrogens with zero attached hydrogens (tertiary/aromatic N) is 5. The van der Waals surface area contributed by atoms with E-state index in [1.165, 1.54) is 19.2 Å². The van der Waals surface area contributed by atoms with Crippen molar-refractivity contribution in [3.05, 3.63) is 67.0 Å². The van der Waals surface area contributed by atoms with Gasteiger partial charge in [0, 0.05) is 35.0 Å². The standard InChI is InChI=1S/C29H27FN8O2/c1-3-4-5-25(39)34-19-9-17(13-31-14-19)23-12-21-24(15-33-23)37-38-27(21)29-35-22-6-7-32-26(28(22)36-29)16-8-18(30)11-20(10-16)40-2/h6-15,25,34,39H,3-5H2,1-2H3,(H,35,36)(H,37,38). The van der Waals surface area contributed by atoms with Crippen molar-refractivity contribution in [1.29, 1.82) is 0 Å². The number of imidazole rings is 1. The molecule has 0 aliphatic carbocycles. The van der Waals surface area contributed by atoms with E-state index in [-0.39, 0.29) is 0 Å². The summed E-state index contributed by atoms with van der Waals surface area (Å²) in [5.41, 5.74) is 5.94. The Morgan fingerprint density at radius 3 is 2.77 bits per heavy atom. The third-order valence-electron chi connectivity index (χ3n) is 6.65. The van der Waals surface area contributed by atoms with Gasteiger partial charge >= 0.3 is 0 Å². The second kappa shape index (κ2) is 10.7. The molecular formula is C29H27FN8O2. The monoisotopic (exact) mass is 538 g/mol. The van der Waals surface area contributed by atoms with Gasteiger partial charge in [-0.25, -0.2) is 9.37 Å². The van der Waals surface area contributed by atoms with E-state index in [1.807, 2.05) is 18.2 Å². The Morgan fingerprint density at radius 1 is 1.02 bits per heavy atom. The Kier molecular flexibility index (Phi) is 6.79. The predicted molar refractivity (Wildman–Crippen MR) is 151 cm³/mol. The van der Waals surface area contributed by atoms with Gasteiger partial charge in [-0.2, -0.15) is 5.10 Å². The van der Waals surface area contributed by atoms with Crippen molar-refractivity contribution >= 4 is 27.6 Å². The number of benzene rings is 1. The SMILES string of the molecule is CCCCC(O)Nc1cncc(-c2cc3c(-c4nc5c(-c6cc(F)cc(OC)c6)nccc5[nH]4)n[nH]c3cn2)c1. The zero-order valence-corrected chi connectivity index (χ0v) is 21.9. The Hall–Kier alpha value is -4.90. The van der Waals surface area contributed by atoms with E-state index in [0.29, 0.717) is 51.8 Å². The first-order valence-electron chi connectivity index (χ1n) is 13.0. The maximum atomic E-state index is 14.2. The van der Waals surface area contributed by atoms with Crippen LogP contribution in [0, 0.1) is 5.82 Å². The molecule has 1 aromatic carbocycles. The predicted octanol–water partition coefficient (Wildman–Crippen LogP) is 5.69. The van der Waals surface area contributed by atoms with Crippen molar-refractivity contribution in [3.8, 4) is 39.8 Å². The molecule has 11 heteroatoms. The van der Waals surface area contributed by atoms with Gasteiger partial charge in [0.1, 0.15) is 29.0 Å².